The lowest BCUT2D eigenvalue weighted by molar-refractivity contribution is -0.154. The second-order valence-electron chi connectivity index (χ2n) is 6.55. The van der Waals surface area contributed by atoms with Crippen molar-refractivity contribution in [2.75, 3.05) is 6.54 Å². The average molecular weight is 411 g/mol. The van der Waals surface area contributed by atoms with E-state index in [2.05, 4.69) is 16.0 Å². The van der Waals surface area contributed by atoms with E-state index in [1.165, 1.54) is 6.92 Å². The van der Waals surface area contributed by atoms with Crippen LogP contribution in [0.25, 0.3) is 0 Å². The molecule has 0 radical (unpaired) electrons. The Morgan fingerprint density at radius 3 is 2.10 bits per heavy atom. The van der Waals surface area contributed by atoms with Gasteiger partial charge in [0, 0.05) is 13.1 Å². The van der Waals surface area contributed by atoms with Crippen LogP contribution in [0.2, 0.25) is 0 Å². The van der Waals surface area contributed by atoms with E-state index in [4.69, 9.17) is 4.74 Å². The number of urea groups is 1. The first-order valence-corrected chi connectivity index (χ1v) is 9.57. The van der Waals surface area contributed by atoms with Crippen molar-refractivity contribution in [2.24, 2.45) is 0 Å². The minimum absolute atomic E-state index is 0.0850. The van der Waals surface area contributed by atoms with Crippen molar-refractivity contribution >= 4 is 23.8 Å². The van der Waals surface area contributed by atoms with Crippen molar-refractivity contribution in [3.05, 3.63) is 71.8 Å². The molecule has 0 fully saturated rings. The fourth-order valence-corrected chi connectivity index (χ4v) is 2.49. The van der Waals surface area contributed by atoms with Gasteiger partial charge in [0.2, 0.25) is 5.91 Å². The Morgan fingerprint density at radius 2 is 1.47 bits per heavy atom. The molecule has 2 rings (SSSR count). The van der Waals surface area contributed by atoms with E-state index >= 15 is 0 Å². The first-order chi connectivity index (χ1) is 14.4. The third-order valence-corrected chi connectivity index (χ3v) is 4.07. The summed E-state index contributed by atoms with van der Waals surface area (Å²) in [5.41, 5.74) is 1.75. The summed E-state index contributed by atoms with van der Waals surface area (Å²) in [4.78, 5) is 47.4. The summed E-state index contributed by atoms with van der Waals surface area (Å²) in [7, 11) is 0. The van der Waals surface area contributed by atoms with Gasteiger partial charge < -0.3 is 15.4 Å². The maximum absolute atomic E-state index is 12.0. The van der Waals surface area contributed by atoms with E-state index in [1.54, 1.807) is 0 Å². The standard InChI is InChI=1S/C22H25N3O5/c1-16(21(28)25-22(29)24-15-18-10-6-3-7-11-18)30-20(27)12-13-23-19(26)14-17-8-4-2-5-9-17/h2-11,16H,12-15H2,1H3,(H,23,26)(H2,24,25,28,29). The van der Waals surface area contributed by atoms with Crippen LogP contribution in [0.3, 0.4) is 0 Å². The Kier molecular flexibility index (Phi) is 9.05. The molecule has 2 aromatic rings. The number of amides is 4. The highest BCUT2D eigenvalue weighted by Gasteiger charge is 2.19. The quantitative estimate of drug-likeness (QED) is 0.544. The van der Waals surface area contributed by atoms with E-state index in [1.807, 2.05) is 60.7 Å². The Hall–Kier alpha value is -3.68. The Bertz CT molecular complexity index is 856. The summed E-state index contributed by atoms with van der Waals surface area (Å²) in [6.45, 7) is 1.72. The van der Waals surface area contributed by atoms with Crippen LogP contribution in [0, 0.1) is 0 Å². The highest BCUT2D eigenvalue weighted by atomic mass is 16.5. The van der Waals surface area contributed by atoms with Crippen LogP contribution in [0.1, 0.15) is 24.5 Å². The van der Waals surface area contributed by atoms with E-state index < -0.39 is 24.0 Å². The van der Waals surface area contributed by atoms with Crippen LogP contribution in [-0.4, -0.2) is 36.5 Å². The van der Waals surface area contributed by atoms with Gasteiger partial charge in [-0.25, -0.2) is 4.79 Å². The number of hydrogen-bond donors (Lipinski definition) is 3. The molecule has 8 heteroatoms. The lowest BCUT2D eigenvalue weighted by Crippen LogP contribution is -2.44. The number of hydrogen-bond acceptors (Lipinski definition) is 5. The molecule has 1 unspecified atom stereocenters. The highest BCUT2D eigenvalue weighted by Crippen LogP contribution is 2.00. The maximum atomic E-state index is 12.0. The molecule has 158 valence electrons. The molecular weight excluding hydrogens is 386 g/mol. The molecule has 8 nitrogen and oxygen atoms in total. The Labute approximate surface area is 175 Å². The number of nitrogens with one attached hydrogen (secondary N) is 3. The van der Waals surface area contributed by atoms with Gasteiger partial charge in [0.25, 0.3) is 5.91 Å². The first kappa shape index (κ1) is 22.6. The fraction of sp³-hybridized carbons (Fsp3) is 0.273. The summed E-state index contributed by atoms with van der Waals surface area (Å²) in [5, 5.41) is 7.29. The lowest BCUT2D eigenvalue weighted by Gasteiger charge is -2.13. The average Bonchev–Trinajstić information content (AvgIpc) is 2.73. The number of carbonyl (C=O) groups excluding carboxylic acids is 4. The summed E-state index contributed by atoms with van der Waals surface area (Å²) in [6, 6.07) is 17.8. The SMILES string of the molecule is CC(OC(=O)CCNC(=O)Cc1ccccc1)C(=O)NC(=O)NCc1ccccc1. The molecular formula is C22H25N3O5. The second-order valence-corrected chi connectivity index (χ2v) is 6.55. The minimum atomic E-state index is -1.14. The molecule has 0 aliphatic carbocycles. The Balaban J connectivity index is 1.62. The van der Waals surface area contributed by atoms with Crippen LogP contribution in [-0.2, 0) is 32.1 Å². The summed E-state index contributed by atoms with van der Waals surface area (Å²) in [5.74, 6) is -1.60. The zero-order chi connectivity index (χ0) is 21.8. The predicted octanol–water partition coefficient (Wildman–Crippen LogP) is 1.69. The molecule has 0 bridgehead atoms. The van der Waals surface area contributed by atoms with Crippen molar-refractivity contribution in [2.45, 2.75) is 32.4 Å². The zero-order valence-electron chi connectivity index (χ0n) is 16.7. The van der Waals surface area contributed by atoms with Crippen LogP contribution < -0.4 is 16.0 Å². The van der Waals surface area contributed by atoms with Gasteiger partial charge in [-0.05, 0) is 18.1 Å². The van der Waals surface area contributed by atoms with Crippen LogP contribution in [0.5, 0.6) is 0 Å². The van der Waals surface area contributed by atoms with Gasteiger partial charge in [-0.1, -0.05) is 60.7 Å². The lowest BCUT2D eigenvalue weighted by atomic mass is 10.1. The summed E-state index contributed by atoms with van der Waals surface area (Å²) in [6.07, 6.45) is -1.01. The van der Waals surface area contributed by atoms with Crippen molar-refractivity contribution in [1.29, 1.82) is 0 Å². The number of carbonyl (C=O) groups is 4. The Morgan fingerprint density at radius 1 is 0.867 bits per heavy atom. The van der Waals surface area contributed by atoms with Crippen molar-refractivity contribution in [3.8, 4) is 0 Å². The molecule has 4 amide bonds. The first-order valence-electron chi connectivity index (χ1n) is 9.57. The molecule has 0 saturated heterocycles. The van der Waals surface area contributed by atoms with E-state index in [-0.39, 0.29) is 31.8 Å². The second kappa shape index (κ2) is 12.0. The van der Waals surface area contributed by atoms with Gasteiger partial charge in [-0.15, -0.1) is 0 Å². The van der Waals surface area contributed by atoms with Crippen molar-refractivity contribution < 1.29 is 23.9 Å². The van der Waals surface area contributed by atoms with Gasteiger partial charge in [-0.3, -0.25) is 19.7 Å². The van der Waals surface area contributed by atoms with E-state index in [0.29, 0.717) is 0 Å². The number of ether oxygens (including phenoxy) is 1. The molecule has 0 heterocycles. The molecule has 2 aromatic carbocycles. The number of rotatable bonds is 9. The number of imide groups is 1. The molecule has 0 aliphatic rings. The number of benzene rings is 2. The van der Waals surface area contributed by atoms with Crippen LogP contribution in [0.4, 0.5) is 4.79 Å². The molecule has 30 heavy (non-hydrogen) atoms. The van der Waals surface area contributed by atoms with E-state index in [0.717, 1.165) is 11.1 Å². The summed E-state index contributed by atoms with van der Waals surface area (Å²) >= 11 is 0. The zero-order valence-corrected chi connectivity index (χ0v) is 16.7. The molecule has 0 aromatic heterocycles. The predicted molar refractivity (Wildman–Crippen MR) is 110 cm³/mol. The summed E-state index contributed by atoms with van der Waals surface area (Å²) < 4.78 is 4.99. The fourth-order valence-electron chi connectivity index (χ4n) is 2.49. The third-order valence-electron chi connectivity index (χ3n) is 4.07. The molecule has 3 N–H and O–H groups in total. The van der Waals surface area contributed by atoms with Crippen molar-refractivity contribution in [1.82, 2.24) is 16.0 Å². The molecule has 0 saturated carbocycles. The van der Waals surface area contributed by atoms with Gasteiger partial charge in [0.1, 0.15) is 0 Å². The molecule has 0 aliphatic heterocycles. The normalized spacial score (nSPS) is 11.1. The highest BCUT2D eigenvalue weighted by molar-refractivity contribution is 5.97. The van der Waals surface area contributed by atoms with Crippen LogP contribution >= 0.6 is 0 Å². The van der Waals surface area contributed by atoms with Gasteiger partial charge in [0.05, 0.1) is 12.8 Å². The monoisotopic (exact) mass is 411 g/mol. The molecule has 1 atom stereocenters. The van der Waals surface area contributed by atoms with Gasteiger partial charge in [0.15, 0.2) is 6.10 Å². The van der Waals surface area contributed by atoms with Crippen LogP contribution in [0.15, 0.2) is 60.7 Å². The smallest absolute Gasteiger partial charge is 0.321 e. The molecule has 0 spiro atoms. The van der Waals surface area contributed by atoms with Crippen molar-refractivity contribution in [3.63, 3.8) is 0 Å². The van der Waals surface area contributed by atoms with E-state index in [9.17, 15) is 19.2 Å². The largest absolute Gasteiger partial charge is 0.452 e. The topological polar surface area (TPSA) is 114 Å². The van der Waals surface area contributed by atoms with Gasteiger partial charge >= 0.3 is 12.0 Å². The van der Waals surface area contributed by atoms with Gasteiger partial charge in [-0.2, -0.15) is 0 Å². The maximum Gasteiger partial charge on any atom is 0.321 e. The number of esters is 1. The minimum Gasteiger partial charge on any atom is -0.452 e. The third kappa shape index (κ3) is 8.55.